The molecule has 6 heteroatoms. The van der Waals surface area contributed by atoms with E-state index in [0.717, 1.165) is 0 Å². The molecule has 5 nitrogen and oxygen atoms in total. The molecule has 2 aromatic rings. The molecule has 1 saturated heterocycles. The number of benzene rings is 2. The fraction of sp³-hybridized carbons (Fsp3) is 0.409. The monoisotopic (exact) mass is 400 g/mol. The van der Waals surface area contributed by atoms with Gasteiger partial charge >= 0.3 is 5.97 Å². The number of carbonyl (C=O) groups is 1. The summed E-state index contributed by atoms with van der Waals surface area (Å²) >= 11 is 0. The van der Waals surface area contributed by atoms with Gasteiger partial charge in [-0.3, -0.25) is 4.79 Å². The van der Waals surface area contributed by atoms with Crippen molar-refractivity contribution in [1.82, 2.24) is 0 Å². The fourth-order valence-electron chi connectivity index (χ4n) is 3.24. The summed E-state index contributed by atoms with van der Waals surface area (Å²) in [5.41, 5.74) is -0.232. The van der Waals surface area contributed by atoms with Crippen LogP contribution in [0.2, 0.25) is 0 Å². The molecule has 3 unspecified atom stereocenters. The topological polar surface area (TPSA) is 54.0 Å². The van der Waals surface area contributed by atoms with Crippen LogP contribution in [-0.4, -0.2) is 40.3 Å². The molecule has 0 bridgehead atoms. The van der Waals surface area contributed by atoms with Gasteiger partial charge in [-0.1, -0.05) is 81.4 Å². The van der Waals surface area contributed by atoms with Gasteiger partial charge in [0.1, 0.15) is 12.7 Å². The summed E-state index contributed by atoms with van der Waals surface area (Å²) in [5, 5.41) is 2.38. The van der Waals surface area contributed by atoms with Crippen LogP contribution in [0.4, 0.5) is 0 Å². The quantitative estimate of drug-likeness (QED) is 0.550. The van der Waals surface area contributed by atoms with Crippen LogP contribution in [0.25, 0.3) is 0 Å². The van der Waals surface area contributed by atoms with Crippen LogP contribution >= 0.6 is 0 Å². The molecule has 1 aliphatic heterocycles. The molecule has 1 heterocycles. The second kappa shape index (κ2) is 9.00. The molecule has 3 rings (SSSR count). The van der Waals surface area contributed by atoms with Crippen LogP contribution in [0, 0.1) is 5.41 Å². The van der Waals surface area contributed by atoms with Crippen molar-refractivity contribution >= 4 is 25.4 Å². The van der Waals surface area contributed by atoms with E-state index in [2.05, 4.69) is 45.0 Å². The Hall–Kier alpha value is -1.99. The first kappa shape index (κ1) is 20.7. The van der Waals surface area contributed by atoms with Crippen molar-refractivity contribution < 1.29 is 23.4 Å². The predicted molar refractivity (Wildman–Crippen MR) is 110 cm³/mol. The third-order valence-corrected chi connectivity index (χ3v) is 7.11. The van der Waals surface area contributed by atoms with Crippen LogP contribution in [0.5, 0.6) is 0 Å². The maximum Gasteiger partial charge on any atom is 0.305 e. The van der Waals surface area contributed by atoms with Gasteiger partial charge in [0.25, 0.3) is 0 Å². The lowest BCUT2D eigenvalue weighted by Gasteiger charge is -2.37. The zero-order valence-corrected chi connectivity index (χ0v) is 18.0. The Morgan fingerprint density at radius 2 is 1.57 bits per heavy atom. The van der Waals surface area contributed by atoms with Crippen molar-refractivity contribution in [3.8, 4) is 0 Å². The smallest absolute Gasteiger partial charge is 0.305 e. The van der Waals surface area contributed by atoms with Crippen molar-refractivity contribution in [1.29, 1.82) is 0 Å². The summed E-state index contributed by atoms with van der Waals surface area (Å²) < 4.78 is 23.6. The maximum atomic E-state index is 11.2. The Balaban J connectivity index is 1.86. The van der Waals surface area contributed by atoms with Crippen LogP contribution in [0.1, 0.15) is 27.7 Å². The minimum atomic E-state index is -1.98. The normalized spacial score (nSPS) is 20.9. The molecule has 28 heavy (non-hydrogen) atoms. The largest absolute Gasteiger partial charge is 0.433 e. The average molecular weight is 401 g/mol. The van der Waals surface area contributed by atoms with E-state index < -0.39 is 21.6 Å². The van der Waals surface area contributed by atoms with Gasteiger partial charge < -0.3 is 18.6 Å². The van der Waals surface area contributed by atoms with E-state index in [0.29, 0.717) is 0 Å². The lowest BCUT2D eigenvalue weighted by atomic mass is 9.89. The van der Waals surface area contributed by atoms with Gasteiger partial charge in [-0.05, 0) is 15.8 Å². The number of carbonyl (C=O) groups excluding carboxylic acids is 1. The highest BCUT2D eigenvalue weighted by molar-refractivity contribution is 6.80. The molecule has 2 aromatic carbocycles. The second-order valence-electron chi connectivity index (χ2n) is 8.00. The Kier molecular flexibility index (Phi) is 6.67. The molecule has 0 aliphatic carbocycles. The van der Waals surface area contributed by atoms with Crippen molar-refractivity contribution in [3.05, 3.63) is 60.7 Å². The molecule has 0 aromatic heterocycles. The van der Waals surface area contributed by atoms with Crippen molar-refractivity contribution in [2.24, 2.45) is 5.41 Å². The number of esters is 1. The summed E-state index contributed by atoms with van der Waals surface area (Å²) in [6, 6.07) is 20.6. The lowest BCUT2D eigenvalue weighted by Crippen LogP contribution is -2.53. The Morgan fingerprint density at radius 3 is 2.04 bits per heavy atom. The standard InChI is InChI=1S/C22H28O5Si/c1-16(23)25-19-15-24-21(26-19)20(22(2,3)4)27-28(17-11-7-5-8-12-17)18-13-9-6-10-14-18/h5-14,19-21,28H,15H2,1-4H3. The van der Waals surface area contributed by atoms with Crippen LogP contribution in [0.3, 0.4) is 0 Å². The number of hydrogen-bond acceptors (Lipinski definition) is 5. The zero-order valence-electron chi connectivity index (χ0n) is 16.8. The highest BCUT2D eigenvalue weighted by Crippen LogP contribution is 2.31. The van der Waals surface area contributed by atoms with Gasteiger partial charge in [-0.2, -0.15) is 0 Å². The van der Waals surface area contributed by atoms with E-state index in [1.54, 1.807) is 0 Å². The lowest BCUT2D eigenvalue weighted by molar-refractivity contribution is -0.195. The van der Waals surface area contributed by atoms with Crippen LogP contribution in [-0.2, 0) is 23.4 Å². The van der Waals surface area contributed by atoms with E-state index in [1.165, 1.54) is 17.3 Å². The van der Waals surface area contributed by atoms with E-state index in [-0.39, 0.29) is 24.1 Å². The molecule has 3 atom stereocenters. The molecule has 0 spiro atoms. The van der Waals surface area contributed by atoms with Gasteiger partial charge in [0.15, 0.2) is 6.29 Å². The first-order valence-electron chi connectivity index (χ1n) is 9.54. The predicted octanol–water partition coefficient (Wildman–Crippen LogP) is 2.22. The summed E-state index contributed by atoms with van der Waals surface area (Å²) in [4.78, 5) is 11.2. The summed E-state index contributed by atoms with van der Waals surface area (Å²) in [6.45, 7) is 7.88. The highest BCUT2D eigenvalue weighted by Gasteiger charge is 2.42. The molecular weight excluding hydrogens is 372 g/mol. The van der Waals surface area contributed by atoms with Gasteiger partial charge in [-0.25, -0.2) is 0 Å². The molecule has 0 N–H and O–H groups in total. The molecular formula is C22H28O5Si. The van der Waals surface area contributed by atoms with E-state index in [1.807, 2.05) is 36.4 Å². The molecule has 1 aliphatic rings. The third kappa shape index (κ3) is 5.29. The minimum absolute atomic E-state index is 0.211. The first-order valence-corrected chi connectivity index (χ1v) is 11.2. The second-order valence-corrected chi connectivity index (χ2v) is 10.4. The van der Waals surface area contributed by atoms with Gasteiger partial charge in [0, 0.05) is 6.92 Å². The van der Waals surface area contributed by atoms with Crippen molar-refractivity contribution in [3.63, 3.8) is 0 Å². The van der Waals surface area contributed by atoms with Gasteiger partial charge in [0.05, 0.1) is 0 Å². The highest BCUT2D eigenvalue weighted by atomic mass is 28.3. The number of hydrogen-bond donors (Lipinski definition) is 0. The average Bonchev–Trinajstić information content (AvgIpc) is 3.10. The number of rotatable bonds is 6. The van der Waals surface area contributed by atoms with Gasteiger partial charge in [0.2, 0.25) is 15.3 Å². The molecule has 0 amide bonds. The van der Waals surface area contributed by atoms with E-state index in [9.17, 15) is 4.79 Å². The summed E-state index contributed by atoms with van der Waals surface area (Å²) in [5.74, 6) is -0.386. The van der Waals surface area contributed by atoms with Crippen LogP contribution < -0.4 is 10.4 Å². The first-order chi connectivity index (χ1) is 13.3. The SMILES string of the molecule is CC(=O)OC1COC(C(O[SiH](c2ccccc2)c2ccccc2)C(C)(C)C)O1. The Labute approximate surface area is 168 Å². The number of ether oxygens (including phenoxy) is 3. The molecule has 150 valence electrons. The minimum Gasteiger partial charge on any atom is -0.433 e. The van der Waals surface area contributed by atoms with Crippen LogP contribution in [0.15, 0.2) is 60.7 Å². The zero-order chi connectivity index (χ0) is 20.1. The summed E-state index contributed by atoms with van der Waals surface area (Å²) in [6.07, 6.45) is -1.60. The molecule has 0 saturated carbocycles. The fourth-order valence-corrected chi connectivity index (χ4v) is 5.91. The van der Waals surface area contributed by atoms with Crippen molar-refractivity contribution in [2.45, 2.75) is 46.4 Å². The summed E-state index contributed by atoms with van der Waals surface area (Å²) in [7, 11) is -1.98. The third-order valence-electron chi connectivity index (χ3n) is 4.57. The Bertz CT molecular complexity index is 720. The van der Waals surface area contributed by atoms with Crippen molar-refractivity contribution in [2.75, 3.05) is 6.61 Å². The molecule has 0 radical (unpaired) electrons. The maximum absolute atomic E-state index is 11.2. The van der Waals surface area contributed by atoms with Gasteiger partial charge in [-0.15, -0.1) is 0 Å². The molecule has 1 fully saturated rings. The van der Waals surface area contributed by atoms with E-state index in [4.69, 9.17) is 18.6 Å². The van der Waals surface area contributed by atoms with E-state index >= 15 is 0 Å². The Morgan fingerprint density at radius 1 is 1.04 bits per heavy atom.